The highest BCUT2D eigenvalue weighted by molar-refractivity contribution is 9.10. The Kier molecular flexibility index (Phi) is 4.68. The van der Waals surface area contributed by atoms with Crippen LogP contribution in [0.1, 0.15) is 12.8 Å². The van der Waals surface area contributed by atoms with Gasteiger partial charge in [0.25, 0.3) is 0 Å². The van der Waals surface area contributed by atoms with E-state index >= 15 is 0 Å². The third-order valence-corrected chi connectivity index (χ3v) is 5.74. The fraction of sp³-hybridized carbons (Fsp3) is 0.583. The molecule has 1 saturated carbocycles. The van der Waals surface area contributed by atoms with Crippen LogP contribution in [0.4, 0.5) is 5.82 Å². The van der Waals surface area contributed by atoms with E-state index in [4.69, 9.17) is 0 Å². The Hall–Kier alpha value is -0.700. The normalized spacial score (nSPS) is 22.6. The standard InChI is InChI=1S/C12H18BrN3O3S/c1-14-12-11(5-9(13)6-15-12)20(18,19)16(2)7-8-3-10(17)4-8/h5-6,8,10,17H,3-4,7H2,1-2H3,(H,14,15). The summed E-state index contributed by atoms with van der Waals surface area (Å²) in [7, 11) is -0.404. The Balaban J connectivity index is 2.23. The van der Waals surface area contributed by atoms with Crippen LogP contribution in [0.15, 0.2) is 21.6 Å². The van der Waals surface area contributed by atoms with Gasteiger partial charge in [0.1, 0.15) is 10.7 Å². The minimum atomic E-state index is -3.60. The highest BCUT2D eigenvalue weighted by atomic mass is 79.9. The molecule has 1 heterocycles. The molecule has 2 rings (SSSR count). The van der Waals surface area contributed by atoms with E-state index in [-0.39, 0.29) is 16.9 Å². The lowest BCUT2D eigenvalue weighted by atomic mass is 9.82. The van der Waals surface area contributed by atoms with E-state index in [1.807, 2.05) is 0 Å². The topological polar surface area (TPSA) is 82.5 Å². The fourth-order valence-electron chi connectivity index (χ4n) is 2.28. The third kappa shape index (κ3) is 3.13. The van der Waals surface area contributed by atoms with Crippen LogP contribution in [-0.2, 0) is 10.0 Å². The van der Waals surface area contributed by atoms with Crippen molar-refractivity contribution in [3.05, 3.63) is 16.7 Å². The first-order valence-corrected chi connectivity index (χ1v) is 8.55. The number of aromatic nitrogens is 1. The monoisotopic (exact) mass is 363 g/mol. The van der Waals surface area contributed by atoms with Gasteiger partial charge in [0.05, 0.1) is 6.10 Å². The van der Waals surface area contributed by atoms with Gasteiger partial charge in [-0.25, -0.2) is 17.7 Å². The molecular weight excluding hydrogens is 346 g/mol. The van der Waals surface area contributed by atoms with Crippen LogP contribution in [0, 0.1) is 5.92 Å². The maximum absolute atomic E-state index is 12.6. The molecule has 2 N–H and O–H groups in total. The van der Waals surface area contributed by atoms with Crippen LogP contribution in [-0.4, -0.2) is 49.6 Å². The molecule has 0 amide bonds. The van der Waals surface area contributed by atoms with Gasteiger partial charge >= 0.3 is 0 Å². The first-order chi connectivity index (χ1) is 9.34. The fourth-order valence-corrected chi connectivity index (χ4v) is 4.18. The summed E-state index contributed by atoms with van der Waals surface area (Å²) in [6, 6.07) is 1.54. The van der Waals surface area contributed by atoms with Crippen molar-refractivity contribution in [3.8, 4) is 0 Å². The van der Waals surface area contributed by atoms with Crippen LogP contribution < -0.4 is 5.32 Å². The molecule has 0 unspecified atom stereocenters. The first kappa shape index (κ1) is 15.7. The molecule has 8 heteroatoms. The lowest BCUT2D eigenvalue weighted by Crippen LogP contribution is -2.39. The number of rotatable bonds is 5. The van der Waals surface area contributed by atoms with Crippen LogP contribution >= 0.6 is 15.9 Å². The van der Waals surface area contributed by atoms with Gasteiger partial charge in [0.15, 0.2) is 0 Å². The molecule has 0 radical (unpaired) electrons. The molecule has 0 bridgehead atoms. The smallest absolute Gasteiger partial charge is 0.246 e. The quantitative estimate of drug-likeness (QED) is 0.823. The number of sulfonamides is 1. The summed E-state index contributed by atoms with van der Waals surface area (Å²) in [6.07, 6.45) is 2.59. The molecule has 1 aliphatic carbocycles. The summed E-state index contributed by atoms with van der Waals surface area (Å²) >= 11 is 3.24. The van der Waals surface area contributed by atoms with E-state index in [1.165, 1.54) is 4.31 Å². The second-order valence-corrected chi connectivity index (χ2v) is 7.96. The minimum Gasteiger partial charge on any atom is -0.393 e. The van der Waals surface area contributed by atoms with Gasteiger partial charge < -0.3 is 10.4 Å². The number of aliphatic hydroxyl groups is 1. The number of anilines is 1. The molecule has 0 spiro atoms. The Morgan fingerprint density at radius 3 is 2.75 bits per heavy atom. The van der Waals surface area contributed by atoms with Gasteiger partial charge in [0, 0.05) is 31.3 Å². The molecule has 1 aliphatic rings. The number of nitrogens with one attached hydrogen (secondary N) is 1. The summed E-state index contributed by atoms with van der Waals surface area (Å²) in [5.74, 6) is 0.552. The van der Waals surface area contributed by atoms with Crippen molar-refractivity contribution in [2.75, 3.05) is 26.0 Å². The number of aliphatic hydroxyl groups excluding tert-OH is 1. The van der Waals surface area contributed by atoms with E-state index in [2.05, 4.69) is 26.2 Å². The number of nitrogens with zero attached hydrogens (tertiary/aromatic N) is 2. The maximum Gasteiger partial charge on any atom is 0.246 e. The lowest BCUT2D eigenvalue weighted by molar-refractivity contribution is 0.0367. The molecular formula is C12H18BrN3O3S. The largest absolute Gasteiger partial charge is 0.393 e. The molecule has 6 nitrogen and oxygen atoms in total. The SMILES string of the molecule is CNc1ncc(Br)cc1S(=O)(=O)N(C)CC1CC(O)C1. The average Bonchev–Trinajstić information content (AvgIpc) is 2.36. The van der Waals surface area contributed by atoms with Crippen molar-refractivity contribution in [1.29, 1.82) is 0 Å². The number of pyridine rings is 1. The summed E-state index contributed by atoms with van der Waals surface area (Å²) < 4.78 is 27.1. The second-order valence-electron chi connectivity index (χ2n) is 5.03. The molecule has 20 heavy (non-hydrogen) atoms. The minimum absolute atomic E-state index is 0.150. The first-order valence-electron chi connectivity index (χ1n) is 6.32. The van der Waals surface area contributed by atoms with E-state index in [1.54, 1.807) is 26.4 Å². The third-order valence-electron chi connectivity index (χ3n) is 3.47. The van der Waals surface area contributed by atoms with E-state index in [0.29, 0.717) is 29.7 Å². The van der Waals surface area contributed by atoms with Crippen LogP contribution in [0.5, 0.6) is 0 Å². The summed E-state index contributed by atoms with van der Waals surface area (Å²) in [5, 5.41) is 12.1. The van der Waals surface area contributed by atoms with Gasteiger partial charge in [-0.05, 0) is 40.8 Å². The molecule has 112 valence electrons. The Morgan fingerprint density at radius 1 is 1.55 bits per heavy atom. The maximum atomic E-state index is 12.6. The van der Waals surface area contributed by atoms with Crippen molar-refractivity contribution in [2.45, 2.75) is 23.8 Å². The molecule has 1 fully saturated rings. The molecule has 0 aliphatic heterocycles. The molecule has 0 saturated heterocycles. The van der Waals surface area contributed by atoms with Gasteiger partial charge in [-0.3, -0.25) is 0 Å². The van der Waals surface area contributed by atoms with Gasteiger partial charge in [0.2, 0.25) is 10.0 Å². The van der Waals surface area contributed by atoms with Gasteiger partial charge in [-0.15, -0.1) is 0 Å². The van der Waals surface area contributed by atoms with Crippen molar-refractivity contribution >= 4 is 31.8 Å². The van der Waals surface area contributed by atoms with Crippen LogP contribution in [0.2, 0.25) is 0 Å². The zero-order chi connectivity index (χ0) is 14.9. The Labute approximate surface area is 127 Å². The van der Waals surface area contributed by atoms with Gasteiger partial charge in [-0.2, -0.15) is 0 Å². The average molecular weight is 364 g/mol. The van der Waals surface area contributed by atoms with Crippen molar-refractivity contribution in [2.24, 2.45) is 5.92 Å². The van der Waals surface area contributed by atoms with E-state index < -0.39 is 10.0 Å². The van der Waals surface area contributed by atoms with Crippen molar-refractivity contribution in [1.82, 2.24) is 9.29 Å². The number of halogens is 1. The van der Waals surface area contributed by atoms with E-state index in [0.717, 1.165) is 0 Å². The predicted octanol–water partition coefficient (Wildman–Crippen LogP) is 1.28. The number of hydrogen-bond acceptors (Lipinski definition) is 5. The Morgan fingerprint density at radius 2 is 2.20 bits per heavy atom. The molecule has 1 aromatic rings. The zero-order valence-electron chi connectivity index (χ0n) is 11.4. The highest BCUT2D eigenvalue weighted by Crippen LogP contribution is 2.30. The van der Waals surface area contributed by atoms with Crippen molar-refractivity contribution < 1.29 is 13.5 Å². The van der Waals surface area contributed by atoms with E-state index in [9.17, 15) is 13.5 Å². The van der Waals surface area contributed by atoms with Gasteiger partial charge in [-0.1, -0.05) is 0 Å². The summed E-state index contributed by atoms with van der Waals surface area (Å²) in [4.78, 5) is 4.22. The zero-order valence-corrected chi connectivity index (χ0v) is 13.8. The van der Waals surface area contributed by atoms with Crippen molar-refractivity contribution in [3.63, 3.8) is 0 Å². The molecule has 1 aromatic heterocycles. The second kappa shape index (κ2) is 5.97. The number of hydrogen-bond donors (Lipinski definition) is 2. The predicted molar refractivity (Wildman–Crippen MR) is 80.0 cm³/mol. The van der Waals surface area contributed by atoms with Crippen LogP contribution in [0.25, 0.3) is 0 Å². The summed E-state index contributed by atoms with van der Waals surface area (Å²) in [5.41, 5.74) is 0. The highest BCUT2D eigenvalue weighted by Gasteiger charge is 2.32. The Bertz CT molecular complexity index is 588. The lowest BCUT2D eigenvalue weighted by Gasteiger charge is -2.34. The molecule has 0 aromatic carbocycles. The summed E-state index contributed by atoms with van der Waals surface area (Å²) in [6.45, 7) is 0.412. The van der Waals surface area contributed by atoms with Crippen LogP contribution in [0.3, 0.4) is 0 Å². The molecule has 0 atom stereocenters.